The van der Waals surface area contributed by atoms with Gasteiger partial charge in [-0.15, -0.1) is 0 Å². The highest BCUT2D eigenvalue weighted by molar-refractivity contribution is 7.90. The molecule has 1 amide bonds. The fraction of sp³-hybridized carbons (Fsp3) is 0.105. The Kier molecular flexibility index (Phi) is 5.62. The second-order valence-corrected chi connectivity index (χ2v) is 8.11. The molecule has 3 aromatic rings. The SMILES string of the molecule is Cc1nc(C(=O)NS(=O)(=O)c2ccccc2)cn1Cc1ccc(C=O)cc1Cl. The monoisotopic (exact) mass is 417 g/mol. The number of aromatic nitrogens is 2. The molecule has 0 fully saturated rings. The third-order valence-electron chi connectivity index (χ3n) is 4.04. The first-order valence-electron chi connectivity index (χ1n) is 8.20. The normalized spacial score (nSPS) is 11.2. The molecule has 1 N–H and O–H groups in total. The van der Waals surface area contributed by atoms with Gasteiger partial charge in [0.25, 0.3) is 15.9 Å². The van der Waals surface area contributed by atoms with Gasteiger partial charge in [-0.2, -0.15) is 0 Å². The molecular weight excluding hydrogens is 402 g/mol. The number of sulfonamides is 1. The Morgan fingerprint density at radius 2 is 1.93 bits per heavy atom. The van der Waals surface area contributed by atoms with Crippen molar-refractivity contribution < 1.29 is 18.0 Å². The van der Waals surface area contributed by atoms with Crippen LogP contribution in [0.2, 0.25) is 5.02 Å². The topological polar surface area (TPSA) is 98.1 Å². The fourth-order valence-electron chi connectivity index (χ4n) is 2.56. The van der Waals surface area contributed by atoms with Gasteiger partial charge in [-0.05, 0) is 30.7 Å². The fourth-order valence-corrected chi connectivity index (χ4v) is 3.79. The van der Waals surface area contributed by atoms with E-state index in [2.05, 4.69) is 4.98 Å². The molecule has 28 heavy (non-hydrogen) atoms. The summed E-state index contributed by atoms with van der Waals surface area (Å²) in [5.74, 6) is -0.314. The van der Waals surface area contributed by atoms with Crippen molar-refractivity contribution in [2.45, 2.75) is 18.4 Å². The highest BCUT2D eigenvalue weighted by atomic mass is 35.5. The van der Waals surface area contributed by atoms with E-state index in [1.54, 1.807) is 47.9 Å². The van der Waals surface area contributed by atoms with Gasteiger partial charge in [0.15, 0.2) is 0 Å². The Hall–Kier alpha value is -2.97. The summed E-state index contributed by atoms with van der Waals surface area (Å²) in [7, 11) is -3.99. The van der Waals surface area contributed by atoms with Gasteiger partial charge in [0, 0.05) is 16.8 Å². The minimum absolute atomic E-state index is 0.0124. The number of hydrogen-bond acceptors (Lipinski definition) is 5. The van der Waals surface area contributed by atoms with Crippen LogP contribution < -0.4 is 4.72 Å². The zero-order chi connectivity index (χ0) is 20.3. The number of benzene rings is 2. The minimum Gasteiger partial charge on any atom is -0.330 e. The number of amides is 1. The lowest BCUT2D eigenvalue weighted by atomic mass is 10.1. The molecule has 2 aromatic carbocycles. The Bertz CT molecular complexity index is 1140. The molecule has 1 heterocycles. The summed E-state index contributed by atoms with van der Waals surface area (Å²) in [5.41, 5.74) is 1.16. The van der Waals surface area contributed by atoms with Crippen LogP contribution in [0.4, 0.5) is 0 Å². The van der Waals surface area contributed by atoms with E-state index < -0.39 is 15.9 Å². The van der Waals surface area contributed by atoms with Crippen molar-refractivity contribution in [3.8, 4) is 0 Å². The molecule has 3 rings (SSSR count). The van der Waals surface area contributed by atoms with Gasteiger partial charge < -0.3 is 4.57 Å². The second kappa shape index (κ2) is 7.95. The molecule has 0 aliphatic carbocycles. The summed E-state index contributed by atoms with van der Waals surface area (Å²) in [6.07, 6.45) is 2.16. The number of nitrogens with zero attached hydrogens (tertiary/aromatic N) is 2. The van der Waals surface area contributed by atoms with E-state index >= 15 is 0 Å². The van der Waals surface area contributed by atoms with E-state index in [4.69, 9.17) is 11.6 Å². The van der Waals surface area contributed by atoms with Crippen molar-refractivity contribution in [1.82, 2.24) is 14.3 Å². The van der Waals surface area contributed by atoms with Crippen LogP contribution >= 0.6 is 11.6 Å². The summed E-state index contributed by atoms with van der Waals surface area (Å²) in [6.45, 7) is 2.01. The van der Waals surface area contributed by atoms with Crippen molar-refractivity contribution in [3.63, 3.8) is 0 Å². The zero-order valence-electron chi connectivity index (χ0n) is 14.8. The van der Waals surface area contributed by atoms with Crippen LogP contribution in [0, 0.1) is 6.92 Å². The first-order valence-corrected chi connectivity index (χ1v) is 10.1. The Morgan fingerprint density at radius 3 is 2.57 bits per heavy atom. The third-order valence-corrected chi connectivity index (χ3v) is 5.74. The molecule has 0 atom stereocenters. The average molecular weight is 418 g/mol. The van der Waals surface area contributed by atoms with Gasteiger partial charge in [0.05, 0.1) is 11.4 Å². The number of carbonyl (C=O) groups excluding carboxylic acids is 2. The molecule has 144 valence electrons. The molecule has 0 aliphatic rings. The number of imidazole rings is 1. The summed E-state index contributed by atoms with van der Waals surface area (Å²) in [4.78, 5) is 27.3. The number of rotatable bonds is 6. The Morgan fingerprint density at radius 1 is 1.21 bits per heavy atom. The molecule has 0 aliphatic heterocycles. The summed E-state index contributed by atoms with van der Waals surface area (Å²) in [5, 5.41) is 0.412. The first kappa shape index (κ1) is 19.8. The lowest BCUT2D eigenvalue weighted by Gasteiger charge is -2.07. The van der Waals surface area contributed by atoms with Crippen molar-refractivity contribution in [1.29, 1.82) is 0 Å². The lowest BCUT2D eigenvalue weighted by molar-refractivity contribution is 0.0976. The highest BCUT2D eigenvalue weighted by Gasteiger charge is 2.21. The van der Waals surface area contributed by atoms with E-state index in [0.717, 1.165) is 5.56 Å². The summed E-state index contributed by atoms with van der Waals surface area (Å²) in [6, 6.07) is 12.5. The van der Waals surface area contributed by atoms with Crippen molar-refractivity contribution in [2.75, 3.05) is 0 Å². The Labute approximate surface area is 167 Å². The smallest absolute Gasteiger partial charge is 0.285 e. The molecule has 0 unspecified atom stereocenters. The van der Waals surface area contributed by atoms with Gasteiger partial charge in [-0.25, -0.2) is 18.1 Å². The van der Waals surface area contributed by atoms with Crippen LogP contribution in [0.3, 0.4) is 0 Å². The molecule has 0 saturated carbocycles. The summed E-state index contributed by atoms with van der Waals surface area (Å²) >= 11 is 6.18. The highest BCUT2D eigenvalue weighted by Crippen LogP contribution is 2.19. The minimum atomic E-state index is -3.99. The molecule has 0 spiro atoms. The molecule has 9 heteroatoms. The molecule has 0 bridgehead atoms. The first-order chi connectivity index (χ1) is 13.3. The van der Waals surface area contributed by atoms with E-state index in [0.29, 0.717) is 29.2 Å². The predicted octanol–water partition coefficient (Wildman–Crippen LogP) is 2.82. The van der Waals surface area contributed by atoms with E-state index in [9.17, 15) is 18.0 Å². The van der Waals surface area contributed by atoms with E-state index in [-0.39, 0.29) is 10.6 Å². The number of aldehydes is 1. The van der Waals surface area contributed by atoms with E-state index in [1.165, 1.54) is 18.3 Å². The number of carbonyl (C=O) groups is 2. The predicted molar refractivity (Wildman–Crippen MR) is 104 cm³/mol. The number of nitrogens with one attached hydrogen (secondary N) is 1. The van der Waals surface area contributed by atoms with Gasteiger partial charge in [-0.3, -0.25) is 9.59 Å². The molecule has 0 saturated heterocycles. The van der Waals surface area contributed by atoms with Crippen molar-refractivity contribution in [2.24, 2.45) is 0 Å². The number of aryl methyl sites for hydroxylation is 1. The number of hydrogen-bond donors (Lipinski definition) is 1. The molecule has 7 nitrogen and oxygen atoms in total. The second-order valence-electron chi connectivity index (χ2n) is 6.02. The van der Waals surface area contributed by atoms with Crippen LogP contribution in [0.15, 0.2) is 59.6 Å². The summed E-state index contributed by atoms with van der Waals surface area (Å²) < 4.78 is 28.3. The molecule has 1 aromatic heterocycles. The lowest BCUT2D eigenvalue weighted by Crippen LogP contribution is -2.30. The van der Waals surface area contributed by atoms with Gasteiger partial charge in [0.2, 0.25) is 0 Å². The van der Waals surface area contributed by atoms with Gasteiger partial charge in [0.1, 0.15) is 17.8 Å². The zero-order valence-corrected chi connectivity index (χ0v) is 16.4. The maximum atomic E-state index is 12.4. The van der Waals surface area contributed by atoms with Crippen LogP contribution in [0.25, 0.3) is 0 Å². The van der Waals surface area contributed by atoms with Crippen molar-refractivity contribution >= 4 is 33.8 Å². The van der Waals surface area contributed by atoms with Crippen LogP contribution in [0.5, 0.6) is 0 Å². The standard InChI is InChI=1S/C19H16ClN3O4S/c1-13-21-18(19(25)22-28(26,27)16-5-3-2-4-6-16)11-23(13)10-15-8-7-14(12-24)9-17(15)20/h2-9,11-12H,10H2,1H3,(H,22,25). The van der Waals surface area contributed by atoms with Crippen LogP contribution in [-0.4, -0.2) is 30.2 Å². The number of halogens is 1. The van der Waals surface area contributed by atoms with Gasteiger partial charge >= 0.3 is 0 Å². The van der Waals surface area contributed by atoms with E-state index in [1.807, 2.05) is 4.72 Å². The van der Waals surface area contributed by atoms with Crippen molar-refractivity contribution in [3.05, 3.63) is 82.4 Å². The Balaban J connectivity index is 1.80. The molecule has 0 radical (unpaired) electrons. The van der Waals surface area contributed by atoms with Crippen LogP contribution in [0.1, 0.15) is 32.2 Å². The third kappa shape index (κ3) is 4.29. The largest absolute Gasteiger partial charge is 0.330 e. The maximum absolute atomic E-state index is 12.4. The average Bonchev–Trinajstić information content (AvgIpc) is 3.04. The quantitative estimate of drug-likeness (QED) is 0.622. The maximum Gasteiger partial charge on any atom is 0.285 e. The van der Waals surface area contributed by atoms with Gasteiger partial charge in [-0.1, -0.05) is 41.9 Å². The van der Waals surface area contributed by atoms with Crippen LogP contribution in [-0.2, 0) is 16.6 Å². The molecular formula is C19H16ClN3O4S.